The van der Waals surface area contributed by atoms with Gasteiger partial charge < -0.3 is 9.47 Å². The summed E-state index contributed by atoms with van der Waals surface area (Å²) in [5, 5.41) is 3.20. The topological polar surface area (TPSA) is 73.3 Å². The fourth-order valence-electron chi connectivity index (χ4n) is 2.43. The van der Waals surface area contributed by atoms with E-state index >= 15 is 0 Å². The van der Waals surface area contributed by atoms with Crippen LogP contribution in [0.25, 0.3) is 11.4 Å². The van der Waals surface area contributed by atoms with E-state index in [0.717, 1.165) is 34.0 Å². The van der Waals surface area contributed by atoms with E-state index in [1.54, 1.807) is 14.0 Å². The molecule has 0 bridgehead atoms. The Morgan fingerprint density at radius 2 is 1.89 bits per heavy atom. The monoisotopic (exact) mass is 383 g/mol. The number of anilines is 1. The van der Waals surface area contributed by atoms with Crippen LogP contribution < -0.4 is 14.8 Å². The third-order valence-electron chi connectivity index (χ3n) is 4.23. The van der Waals surface area contributed by atoms with Crippen molar-refractivity contribution in [1.29, 1.82) is 0 Å². The lowest BCUT2D eigenvalue weighted by Crippen LogP contribution is -2.30. The lowest BCUT2D eigenvalue weighted by Gasteiger charge is -2.16. The molecule has 0 spiro atoms. The average molecular weight is 383 g/mol. The van der Waals surface area contributed by atoms with E-state index in [-0.39, 0.29) is 5.91 Å². The second kappa shape index (κ2) is 8.18. The van der Waals surface area contributed by atoms with Gasteiger partial charge in [0.1, 0.15) is 11.5 Å². The Morgan fingerprint density at radius 1 is 1.15 bits per heavy atom. The smallest absolute Gasteiger partial charge is 0.266 e. The fourth-order valence-corrected chi connectivity index (χ4v) is 3.03. The molecule has 0 aliphatic carbocycles. The van der Waals surface area contributed by atoms with E-state index in [1.807, 2.05) is 56.3 Å². The highest BCUT2D eigenvalue weighted by atomic mass is 32.1. The second-order valence-corrected chi connectivity index (χ2v) is 6.85. The summed E-state index contributed by atoms with van der Waals surface area (Å²) >= 11 is 1.13. The van der Waals surface area contributed by atoms with Crippen molar-refractivity contribution in [2.75, 3.05) is 12.4 Å². The van der Waals surface area contributed by atoms with E-state index in [0.29, 0.717) is 16.7 Å². The van der Waals surface area contributed by atoms with Gasteiger partial charge in [0, 0.05) is 17.1 Å². The van der Waals surface area contributed by atoms with Crippen LogP contribution in [0.1, 0.15) is 18.1 Å². The molecule has 140 valence electrons. The third-order valence-corrected chi connectivity index (χ3v) is 4.86. The second-order valence-electron chi connectivity index (χ2n) is 6.10. The van der Waals surface area contributed by atoms with Gasteiger partial charge in [0.2, 0.25) is 5.13 Å². The molecule has 0 radical (unpaired) electrons. The van der Waals surface area contributed by atoms with Gasteiger partial charge >= 0.3 is 0 Å². The molecule has 3 aromatic rings. The van der Waals surface area contributed by atoms with Crippen LogP contribution in [0, 0.1) is 13.8 Å². The maximum absolute atomic E-state index is 12.4. The number of nitrogens with zero attached hydrogens (tertiary/aromatic N) is 2. The number of rotatable bonds is 6. The Bertz CT molecular complexity index is 938. The summed E-state index contributed by atoms with van der Waals surface area (Å²) in [6.45, 7) is 5.69. The number of methoxy groups -OCH3 is 1. The van der Waals surface area contributed by atoms with Gasteiger partial charge in [0.25, 0.3) is 5.91 Å². The van der Waals surface area contributed by atoms with Crippen LogP contribution in [0.3, 0.4) is 0 Å². The Kier molecular flexibility index (Phi) is 5.71. The summed E-state index contributed by atoms with van der Waals surface area (Å²) in [7, 11) is 1.62. The van der Waals surface area contributed by atoms with Crippen molar-refractivity contribution in [3.63, 3.8) is 0 Å². The average Bonchev–Trinajstić information content (AvgIpc) is 3.14. The molecule has 0 aliphatic rings. The van der Waals surface area contributed by atoms with Crippen LogP contribution in [-0.2, 0) is 4.79 Å². The van der Waals surface area contributed by atoms with E-state index < -0.39 is 6.10 Å². The first kappa shape index (κ1) is 18.8. The molecule has 1 amide bonds. The quantitative estimate of drug-likeness (QED) is 0.689. The molecule has 1 unspecified atom stereocenters. The van der Waals surface area contributed by atoms with Crippen molar-refractivity contribution < 1.29 is 14.3 Å². The van der Waals surface area contributed by atoms with Gasteiger partial charge in [-0.3, -0.25) is 10.1 Å². The summed E-state index contributed by atoms with van der Waals surface area (Å²) in [5.74, 6) is 1.75. The summed E-state index contributed by atoms with van der Waals surface area (Å²) in [6.07, 6.45) is -0.654. The SMILES string of the molecule is COc1ccc(-c2nsc(NC(=O)C(C)Oc3cccc(C)c3C)n2)cc1. The van der Waals surface area contributed by atoms with Crippen molar-refractivity contribution in [3.05, 3.63) is 53.6 Å². The first-order valence-electron chi connectivity index (χ1n) is 8.50. The number of aryl methyl sites for hydroxylation is 1. The molecule has 7 heteroatoms. The molecule has 6 nitrogen and oxygen atoms in total. The van der Waals surface area contributed by atoms with Crippen LogP contribution in [-0.4, -0.2) is 28.5 Å². The zero-order valence-electron chi connectivity index (χ0n) is 15.6. The summed E-state index contributed by atoms with van der Waals surface area (Å²) in [6, 6.07) is 13.2. The van der Waals surface area contributed by atoms with Gasteiger partial charge in [-0.2, -0.15) is 9.36 Å². The van der Waals surface area contributed by atoms with Crippen molar-refractivity contribution in [2.45, 2.75) is 26.9 Å². The number of nitrogens with one attached hydrogen (secondary N) is 1. The Hall–Kier alpha value is -2.93. The highest BCUT2D eigenvalue weighted by Crippen LogP contribution is 2.24. The van der Waals surface area contributed by atoms with Crippen LogP contribution in [0.4, 0.5) is 5.13 Å². The minimum absolute atomic E-state index is 0.270. The Balaban J connectivity index is 1.65. The van der Waals surface area contributed by atoms with E-state index in [1.165, 1.54) is 0 Å². The van der Waals surface area contributed by atoms with Gasteiger partial charge in [-0.1, -0.05) is 12.1 Å². The number of aromatic nitrogens is 2. The lowest BCUT2D eigenvalue weighted by atomic mass is 10.1. The minimum Gasteiger partial charge on any atom is -0.497 e. The van der Waals surface area contributed by atoms with Crippen LogP contribution >= 0.6 is 11.5 Å². The molecule has 1 atom stereocenters. The molecule has 0 aliphatic heterocycles. The summed E-state index contributed by atoms with van der Waals surface area (Å²) in [4.78, 5) is 16.8. The number of hydrogen-bond acceptors (Lipinski definition) is 6. The number of benzene rings is 2. The molecule has 0 saturated heterocycles. The molecule has 1 heterocycles. The van der Waals surface area contributed by atoms with Gasteiger partial charge in [-0.05, 0) is 62.2 Å². The zero-order valence-corrected chi connectivity index (χ0v) is 16.5. The van der Waals surface area contributed by atoms with Gasteiger partial charge in [0.05, 0.1) is 7.11 Å². The molecule has 27 heavy (non-hydrogen) atoms. The molecule has 2 aromatic carbocycles. The maximum Gasteiger partial charge on any atom is 0.266 e. The fraction of sp³-hybridized carbons (Fsp3) is 0.250. The summed E-state index contributed by atoms with van der Waals surface area (Å²) < 4.78 is 15.3. The van der Waals surface area contributed by atoms with Crippen molar-refractivity contribution in [3.8, 4) is 22.9 Å². The van der Waals surface area contributed by atoms with Gasteiger partial charge in [0.15, 0.2) is 11.9 Å². The molecular formula is C20H21N3O3S. The van der Waals surface area contributed by atoms with Gasteiger partial charge in [-0.25, -0.2) is 0 Å². The largest absolute Gasteiger partial charge is 0.497 e. The van der Waals surface area contributed by atoms with E-state index in [9.17, 15) is 4.79 Å². The van der Waals surface area contributed by atoms with Crippen molar-refractivity contribution >= 4 is 22.6 Å². The lowest BCUT2D eigenvalue weighted by molar-refractivity contribution is -0.122. The minimum atomic E-state index is -0.654. The van der Waals surface area contributed by atoms with E-state index in [4.69, 9.17) is 9.47 Å². The molecular weight excluding hydrogens is 362 g/mol. The number of carbonyl (C=O) groups excluding carboxylic acids is 1. The summed E-state index contributed by atoms with van der Waals surface area (Å²) in [5.41, 5.74) is 3.00. The molecule has 0 saturated carbocycles. The Labute approximate surface area is 162 Å². The highest BCUT2D eigenvalue weighted by Gasteiger charge is 2.18. The highest BCUT2D eigenvalue weighted by molar-refractivity contribution is 7.10. The van der Waals surface area contributed by atoms with Gasteiger partial charge in [-0.15, -0.1) is 0 Å². The Morgan fingerprint density at radius 3 is 2.59 bits per heavy atom. The zero-order chi connectivity index (χ0) is 19.4. The van der Waals surface area contributed by atoms with Crippen molar-refractivity contribution in [1.82, 2.24) is 9.36 Å². The number of amides is 1. The maximum atomic E-state index is 12.4. The predicted molar refractivity (Wildman–Crippen MR) is 107 cm³/mol. The van der Waals surface area contributed by atoms with E-state index in [2.05, 4.69) is 14.7 Å². The third kappa shape index (κ3) is 4.43. The number of ether oxygens (including phenoxy) is 2. The van der Waals surface area contributed by atoms with Crippen LogP contribution in [0.5, 0.6) is 11.5 Å². The molecule has 0 fully saturated rings. The van der Waals surface area contributed by atoms with Crippen LogP contribution in [0.15, 0.2) is 42.5 Å². The standard InChI is InChI=1S/C20H21N3O3S/c1-12-6-5-7-17(13(12)2)26-14(3)19(24)22-20-21-18(23-27-20)15-8-10-16(25-4)11-9-15/h5-11,14H,1-4H3,(H,21,22,23,24). The molecule has 1 aromatic heterocycles. The first-order valence-corrected chi connectivity index (χ1v) is 9.27. The number of hydrogen-bond donors (Lipinski definition) is 1. The van der Waals surface area contributed by atoms with Crippen molar-refractivity contribution in [2.24, 2.45) is 0 Å². The molecule has 3 rings (SSSR count). The predicted octanol–water partition coefficient (Wildman–Crippen LogP) is 4.24. The molecule has 1 N–H and O–H groups in total. The van der Waals surface area contributed by atoms with Crippen LogP contribution in [0.2, 0.25) is 0 Å². The number of carbonyl (C=O) groups is 1. The normalized spacial score (nSPS) is 11.7. The first-order chi connectivity index (χ1) is 13.0.